The molecular formula is C23H22FN3OS. The van der Waals surface area contributed by atoms with Gasteiger partial charge in [0.1, 0.15) is 5.82 Å². The minimum Gasteiger partial charge on any atom is -0.366 e. The van der Waals surface area contributed by atoms with Crippen LogP contribution < -0.4 is 4.90 Å². The van der Waals surface area contributed by atoms with Crippen molar-refractivity contribution in [2.24, 2.45) is 0 Å². The number of pyridine rings is 1. The van der Waals surface area contributed by atoms with E-state index in [9.17, 15) is 9.18 Å². The number of halogens is 1. The summed E-state index contributed by atoms with van der Waals surface area (Å²) in [6.45, 7) is 2.99. The van der Waals surface area contributed by atoms with Crippen LogP contribution in [0.5, 0.6) is 0 Å². The van der Waals surface area contributed by atoms with Gasteiger partial charge in [-0.15, -0.1) is 0 Å². The number of anilines is 1. The van der Waals surface area contributed by atoms with Crippen LogP contribution in [0.4, 0.5) is 10.1 Å². The van der Waals surface area contributed by atoms with Crippen LogP contribution in [-0.4, -0.2) is 46.9 Å². The lowest BCUT2D eigenvalue weighted by atomic mass is 9.97. The van der Waals surface area contributed by atoms with Gasteiger partial charge in [-0.25, -0.2) is 4.39 Å². The van der Waals surface area contributed by atoms with Gasteiger partial charge in [0.05, 0.1) is 16.8 Å². The van der Waals surface area contributed by atoms with E-state index in [4.69, 9.17) is 0 Å². The fourth-order valence-corrected chi connectivity index (χ4v) is 5.17. The molecule has 0 N–H and O–H groups in total. The highest BCUT2D eigenvalue weighted by molar-refractivity contribution is 7.99. The molecule has 2 aromatic carbocycles. The number of carbonyl (C=O) groups is 1. The van der Waals surface area contributed by atoms with E-state index in [2.05, 4.69) is 28.1 Å². The number of benzene rings is 2. The van der Waals surface area contributed by atoms with E-state index < -0.39 is 0 Å². The molecule has 3 heterocycles. The topological polar surface area (TPSA) is 36.4 Å². The fraction of sp³-hybridized carbons (Fsp3) is 0.304. The van der Waals surface area contributed by atoms with Gasteiger partial charge in [0.2, 0.25) is 0 Å². The van der Waals surface area contributed by atoms with Gasteiger partial charge in [0, 0.05) is 49.3 Å². The van der Waals surface area contributed by atoms with E-state index >= 15 is 0 Å². The lowest BCUT2D eigenvalue weighted by Gasteiger charge is -2.34. The number of rotatable bonds is 2. The summed E-state index contributed by atoms with van der Waals surface area (Å²) in [4.78, 5) is 22.0. The van der Waals surface area contributed by atoms with Crippen molar-refractivity contribution in [2.75, 3.05) is 36.0 Å². The summed E-state index contributed by atoms with van der Waals surface area (Å²) in [5.41, 5.74) is 4.70. The first kappa shape index (κ1) is 18.4. The maximum absolute atomic E-state index is 14.2. The zero-order valence-electron chi connectivity index (χ0n) is 16.1. The average Bonchev–Trinajstić information content (AvgIpc) is 2.78. The van der Waals surface area contributed by atoms with Gasteiger partial charge in [0.15, 0.2) is 0 Å². The molecule has 0 unspecified atom stereocenters. The molecule has 1 aromatic heterocycles. The van der Waals surface area contributed by atoms with Crippen molar-refractivity contribution in [1.82, 2.24) is 9.88 Å². The van der Waals surface area contributed by atoms with Gasteiger partial charge in [0.25, 0.3) is 5.91 Å². The van der Waals surface area contributed by atoms with Gasteiger partial charge < -0.3 is 9.80 Å². The van der Waals surface area contributed by atoms with Crippen LogP contribution in [-0.2, 0) is 13.0 Å². The van der Waals surface area contributed by atoms with Crippen molar-refractivity contribution in [3.05, 3.63) is 71.2 Å². The third kappa shape index (κ3) is 3.46. The monoisotopic (exact) mass is 407 g/mol. The maximum atomic E-state index is 14.2. The quantitative estimate of drug-likeness (QED) is 0.640. The van der Waals surface area contributed by atoms with E-state index in [1.165, 1.54) is 23.3 Å². The maximum Gasteiger partial charge on any atom is 0.257 e. The van der Waals surface area contributed by atoms with Crippen molar-refractivity contribution >= 4 is 34.3 Å². The molecule has 0 radical (unpaired) electrons. The SMILES string of the molecule is O=C(c1cnc2ccc(F)cc2c1N1CCc2ccccc2C1)N1CCSCC1. The fourth-order valence-electron chi connectivity index (χ4n) is 4.27. The highest BCUT2D eigenvalue weighted by atomic mass is 32.2. The first-order valence-electron chi connectivity index (χ1n) is 9.98. The molecular weight excluding hydrogens is 385 g/mol. The predicted octanol–water partition coefficient (Wildman–Crippen LogP) is 4.13. The van der Waals surface area contributed by atoms with E-state index in [-0.39, 0.29) is 11.7 Å². The van der Waals surface area contributed by atoms with Gasteiger partial charge in [-0.05, 0) is 35.7 Å². The summed E-state index contributed by atoms with van der Waals surface area (Å²) in [6.07, 6.45) is 2.59. The second-order valence-electron chi connectivity index (χ2n) is 7.53. The molecule has 0 spiro atoms. The number of carbonyl (C=O) groups excluding carboxylic acids is 1. The zero-order chi connectivity index (χ0) is 19.8. The Kier molecular flexibility index (Phi) is 4.87. The van der Waals surface area contributed by atoms with E-state index in [1.807, 2.05) is 22.7 Å². The number of thioether (sulfide) groups is 1. The van der Waals surface area contributed by atoms with Crippen LogP contribution in [0, 0.1) is 5.82 Å². The first-order chi connectivity index (χ1) is 14.2. The molecule has 1 fully saturated rings. The summed E-state index contributed by atoms with van der Waals surface area (Å²) >= 11 is 1.87. The number of amides is 1. The summed E-state index contributed by atoms with van der Waals surface area (Å²) in [5.74, 6) is 1.59. The van der Waals surface area contributed by atoms with Crippen LogP contribution in [0.3, 0.4) is 0 Å². The largest absolute Gasteiger partial charge is 0.366 e. The molecule has 1 amide bonds. The molecule has 0 atom stereocenters. The Morgan fingerprint density at radius 3 is 2.66 bits per heavy atom. The number of hydrogen-bond donors (Lipinski definition) is 0. The van der Waals surface area contributed by atoms with Crippen molar-refractivity contribution in [1.29, 1.82) is 0 Å². The lowest BCUT2D eigenvalue weighted by Crippen LogP contribution is -2.39. The molecule has 2 aliphatic rings. The Labute approximate surface area is 173 Å². The number of fused-ring (bicyclic) bond motifs is 2. The van der Waals surface area contributed by atoms with Crippen LogP contribution in [0.2, 0.25) is 0 Å². The van der Waals surface area contributed by atoms with Crippen molar-refractivity contribution in [3.8, 4) is 0 Å². The lowest BCUT2D eigenvalue weighted by molar-refractivity contribution is 0.0772. The Hall–Kier alpha value is -2.60. The second kappa shape index (κ2) is 7.67. The molecule has 2 aliphatic heterocycles. The molecule has 29 heavy (non-hydrogen) atoms. The Morgan fingerprint density at radius 1 is 1.03 bits per heavy atom. The van der Waals surface area contributed by atoms with Gasteiger partial charge in [-0.1, -0.05) is 24.3 Å². The van der Waals surface area contributed by atoms with Crippen LogP contribution >= 0.6 is 11.8 Å². The second-order valence-corrected chi connectivity index (χ2v) is 8.75. The Bertz CT molecular complexity index is 1080. The Balaban J connectivity index is 1.63. The number of aromatic nitrogens is 1. The van der Waals surface area contributed by atoms with Crippen LogP contribution in [0.25, 0.3) is 10.9 Å². The van der Waals surface area contributed by atoms with Crippen LogP contribution in [0.1, 0.15) is 21.5 Å². The molecule has 1 saturated heterocycles. The summed E-state index contributed by atoms with van der Waals surface area (Å²) < 4.78 is 14.2. The Morgan fingerprint density at radius 2 is 1.83 bits per heavy atom. The summed E-state index contributed by atoms with van der Waals surface area (Å²) in [6, 6.07) is 13.0. The van der Waals surface area contributed by atoms with Crippen molar-refractivity contribution < 1.29 is 9.18 Å². The third-order valence-electron chi connectivity index (χ3n) is 5.78. The normalized spacial score (nSPS) is 16.7. The van der Waals surface area contributed by atoms with Gasteiger partial charge in [-0.2, -0.15) is 11.8 Å². The molecule has 0 bridgehead atoms. The predicted molar refractivity (Wildman–Crippen MR) is 116 cm³/mol. The van der Waals surface area contributed by atoms with Crippen LogP contribution in [0.15, 0.2) is 48.7 Å². The minimum atomic E-state index is -0.308. The molecule has 148 valence electrons. The van der Waals surface area contributed by atoms with Gasteiger partial charge >= 0.3 is 0 Å². The van der Waals surface area contributed by atoms with E-state index in [0.717, 1.165) is 43.2 Å². The van der Waals surface area contributed by atoms with Gasteiger partial charge in [-0.3, -0.25) is 9.78 Å². The highest BCUT2D eigenvalue weighted by Gasteiger charge is 2.27. The van der Waals surface area contributed by atoms with Crippen molar-refractivity contribution in [2.45, 2.75) is 13.0 Å². The zero-order valence-corrected chi connectivity index (χ0v) is 16.9. The standard InChI is InChI=1S/C23H22FN3OS/c24-18-5-6-21-19(13-18)22(27-8-7-16-3-1-2-4-17(16)15-27)20(14-25-21)23(28)26-9-11-29-12-10-26/h1-6,13-14H,7-12,15H2. The minimum absolute atomic E-state index is 0.00202. The summed E-state index contributed by atoms with van der Waals surface area (Å²) in [7, 11) is 0. The summed E-state index contributed by atoms with van der Waals surface area (Å²) in [5, 5.41) is 0.710. The third-order valence-corrected chi connectivity index (χ3v) is 6.72. The molecule has 0 saturated carbocycles. The number of hydrogen-bond acceptors (Lipinski definition) is 4. The first-order valence-corrected chi connectivity index (χ1v) is 11.1. The van der Waals surface area contributed by atoms with Crippen molar-refractivity contribution in [3.63, 3.8) is 0 Å². The number of nitrogens with zero attached hydrogens (tertiary/aromatic N) is 3. The molecule has 6 heteroatoms. The molecule has 3 aromatic rings. The van der Waals surface area contributed by atoms with E-state index in [0.29, 0.717) is 23.0 Å². The molecule has 5 rings (SSSR count). The highest BCUT2D eigenvalue weighted by Crippen LogP contribution is 2.34. The van der Waals surface area contributed by atoms with E-state index in [1.54, 1.807) is 12.3 Å². The average molecular weight is 408 g/mol. The molecule has 4 nitrogen and oxygen atoms in total. The molecule has 0 aliphatic carbocycles. The smallest absolute Gasteiger partial charge is 0.257 e.